The Hall–Kier alpha value is -0.0900. The molecule has 0 spiro atoms. The lowest BCUT2D eigenvalue weighted by atomic mass is 10.1. The average molecular weight is 189 g/mol. The van der Waals surface area contributed by atoms with Crippen molar-refractivity contribution in [1.29, 1.82) is 0 Å². The topological polar surface area (TPSA) is 46.2 Å². The lowest BCUT2D eigenvalue weighted by Gasteiger charge is -2.07. The highest BCUT2D eigenvalue weighted by Gasteiger charge is 2.29. The van der Waals surface area contributed by atoms with E-state index < -0.39 is 9.84 Å². The number of hydrogen-bond acceptors (Lipinski definition) is 3. The summed E-state index contributed by atoms with van der Waals surface area (Å²) < 4.78 is 22.1. The normalized spacial score (nSPS) is 33.8. The van der Waals surface area contributed by atoms with E-state index in [2.05, 4.69) is 5.32 Å². The second-order valence-corrected chi connectivity index (χ2v) is 6.18. The van der Waals surface area contributed by atoms with Crippen molar-refractivity contribution in [3.63, 3.8) is 0 Å². The third-order valence-electron chi connectivity index (χ3n) is 2.60. The summed E-state index contributed by atoms with van der Waals surface area (Å²) in [5.74, 6) is 1.20. The Morgan fingerprint density at radius 3 is 2.50 bits per heavy atom. The lowest BCUT2D eigenvalue weighted by molar-refractivity contribution is 0.519. The summed E-state index contributed by atoms with van der Waals surface area (Å²) in [6, 6.07) is 0.702. The van der Waals surface area contributed by atoms with Crippen LogP contribution in [0.1, 0.15) is 19.3 Å². The van der Waals surface area contributed by atoms with Crippen LogP contribution in [0.2, 0.25) is 0 Å². The van der Waals surface area contributed by atoms with E-state index in [9.17, 15) is 8.42 Å². The second-order valence-electron chi connectivity index (χ2n) is 3.95. The van der Waals surface area contributed by atoms with Gasteiger partial charge >= 0.3 is 0 Å². The molecule has 2 fully saturated rings. The molecule has 1 unspecified atom stereocenters. The summed E-state index contributed by atoms with van der Waals surface area (Å²) >= 11 is 0. The van der Waals surface area contributed by atoms with Crippen LogP contribution in [0.15, 0.2) is 0 Å². The van der Waals surface area contributed by atoms with Crippen molar-refractivity contribution in [2.24, 2.45) is 5.92 Å². The van der Waals surface area contributed by atoms with Gasteiger partial charge in [0.25, 0.3) is 0 Å². The highest BCUT2D eigenvalue weighted by atomic mass is 32.2. The van der Waals surface area contributed by atoms with Crippen molar-refractivity contribution in [1.82, 2.24) is 5.32 Å². The molecule has 0 aromatic heterocycles. The summed E-state index contributed by atoms with van der Waals surface area (Å²) in [5.41, 5.74) is 0. The van der Waals surface area contributed by atoms with Gasteiger partial charge in [0.1, 0.15) is 0 Å². The molecule has 0 aromatic carbocycles. The zero-order chi connectivity index (χ0) is 8.60. The molecular weight excluding hydrogens is 174 g/mol. The maximum atomic E-state index is 11.1. The van der Waals surface area contributed by atoms with E-state index in [4.69, 9.17) is 0 Å². The van der Waals surface area contributed by atoms with Gasteiger partial charge in [-0.05, 0) is 31.7 Å². The molecule has 0 radical (unpaired) electrons. The van der Waals surface area contributed by atoms with Crippen LogP contribution in [-0.4, -0.2) is 32.5 Å². The third kappa shape index (κ3) is 2.20. The highest BCUT2D eigenvalue weighted by Crippen LogP contribution is 2.22. The highest BCUT2D eigenvalue weighted by molar-refractivity contribution is 7.91. The van der Waals surface area contributed by atoms with Crippen molar-refractivity contribution < 1.29 is 8.42 Å². The average Bonchev–Trinajstić information content (AvgIpc) is 2.74. The summed E-state index contributed by atoms with van der Waals surface area (Å²) in [7, 11) is -2.66. The van der Waals surface area contributed by atoms with E-state index in [0.29, 0.717) is 23.5 Å². The van der Waals surface area contributed by atoms with Crippen LogP contribution in [0.4, 0.5) is 0 Å². The van der Waals surface area contributed by atoms with Crippen molar-refractivity contribution in [3.8, 4) is 0 Å². The van der Waals surface area contributed by atoms with Crippen molar-refractivity contribution in [3.05, 3.63) is 0 Å². The molecular formula is C8H15NO2S. The third-order valence-corrected chi connectivity index (χ3v) is 4.44. The predicted octanol–water partition coefficient (Wildman–Crippen LogP) is 0.173. The van der Waals surface area contributed by atoms with Gasteiger partial charge < -0.3 is 5.32 Å². The summed E-state index contributed by atoms with van der Waals surface area (Å²) in [5, 5.41) is 3.37. The summed E-state index contributed by atoms with van der Waals surface area (Å²) in [6.45, 7) is 0.907. The van der Waals surface area contributed by atoms with Crippen LogP contribution in [0.25, 0.3) is 0 Å². The Morgan fingerprint density at radius 1 is 1.25 bits per heavy atom. The molecule has 2 aliphatic rings. The van der Waals surface area contributed by atoms with Crippen molar-refractivity contribution in [2.45, 2.75) is 25.3 Å². The largest absolute Gasteiger partial charge is 0.314 e. The molecule has 70 valence electrons. The first-order chi connectivity index (χ1) is 5.66. The molecule has 3 nitrogen and oxygen atoms in total. The number of rotatable bonds is 3. The van der Waals surface area contributed by atoms with E-state index in [1.165, 1.54) is 12.8 Å². The molecule has 1 aliphatic carbocycles. The fraction of sp³-hybridized carbons (Fsp3) is 1.00. The van der Waals surface area contributed by atoms with E-state index >= 15 is 0 Å². The molecule has 2 rings (SSSR count). The van der Waals surface area contributed by atoms with Gasteiger partial charge in [-0.25, -0.2) is 8.42 Å². The molecule has 0 aromatic rings. The monoisotopic (exact) mass is 189 g/mol. The standard InChI is InChI=1S/C8H15NO2S/c10-12(11)4-3-7(6-12)5-9-8-1-2-8/h7-9H,1-6H2. The fourth-order valence-electron chi connectivity index (χ4n) is 1.65. The first-order valence-electron chi connectivity index (χ1n) is 4.59. The van der Waals surface area contributed by atoms with Gasteiger partial charge in [0.15, 0.2) is 9.84 Å². The summed E-state index contributed by atoms with van der Waals surface area (Å²) in [6.07, 6.45) is 3.42. The van der Waals surface area contributed by atoms with Crippen LogP contribution >= 0.6 is 0 Å². The van der Waals surface area contributed by atoms with Crippen LogP contribution in [0.3, 0.4) is 0 Å². The molecule has 1 atom stereocenters. The first-order valence-corrected chi connectivity index (χ1v) is 6.42. The van der Waals surface area contributed by atoms with Gasteiger partial charge in [0, 0.05) is 6.04 Å². The van der Waals surface area contributed by atoms with Gasteiger partial charge in [-0.2, -0.15) is 0 Å². The van der Waals surface area contributed by atoms with Gasteiger partial charge in [-0.15, -0.1) is 0 Å². The Labute approximate surface area is 73.5 Å². The molecule has 1 saturated heterocycles. The van der Waals surface area contributed by atoms with Gasteiger partial charge in [0.2, 0.25) is 0 Å². The predicted molar refractivity (Wildman–Crippen MR) is 47.8 cm³/mol. The molecule has 1 saturated carbocycles. The van der Waals surface area contributed by atoms with Gasteiger partial charge in [0.05, 0.1) is 11.5 Å². The molecule has 4 heteroatoms. The SMILES string of the molecule is O=S1(=O)CCC(CNC2CC2)C1. The molecule has 1 heterocycles. The maximum Gasteiger partial charge on any atom is 0.150 e. The van der Waals surface area contributed by atoms with Gasteiger partial charge in [-0.3, -0.25) is 0 Å². The first kappa shape index (κ1) is 8.51. The van der Waals surface area contributed by atoms with E-state index in [1.807, 2.05) is 0 Å². The number of hydrogen-bond donors (Lipinski definition) is 1. The number of sulfone groups is 1. The lowest BCUT2D eigenvalue weighted by Crippen LogP contribution is -2.25. The Morgan fingerprint density at radius 2 is 2.00 bits per heavy atom. The van der Waals surface area contributed by atoms with Crippen LogP contribution < -0.4 is 5.32 Å². The van der Waals surface area contributed by atoms with E-state index in [0.717, 1.165) is 13.0 Å². The van der Waals surface area contributed by atoms with Crippen molar-refractivity contribution >= 4 is 9.84 Å². The fourth-order valence-corrected chi connectivity index (χ4v) is 3.52. The minimum absolute atomic E-state index is 0.385. The quantitative estimate of drug-likeness (QED) is 0.688. The van der Waals surface area contributed by atoms with Crippen molar-refractivity contribution in [2.75, 3.05) is 18.1 Å². The minimum Gasteiger partial charge on any atom is -0.314 e. The zero-order valence-electron chi connectivity index (χ0n) is 7.12. The van der Waals surface area contributed by atoms with Crippen LogP contribution in [-0.2, 0) is 9.84 Å². The Balaban J connectivity index is 1.75. The van der Waals surface area contributed by atoms with Crippen LogP contribution in [0.5, 0.6) is 0 Å². The van der Waals surface area contributed by atoms with E-state index in [-0.39, 0.29) is 0 Å². The second kappa shape index (κ2) is 3.00. The van der Waals surface area contributed by atoms with Gasteiger partial charge in [-0.1, -0.05) is 0 Å². The van der Waals surface area contributed by atoms with E-state index in [1.54, 1.807) is 0 Å². The Bertz CT molecular complexity index is 256. The molecule has 12 heavy (non-hydrogen) atoms. The number of nitrogens with one attached hydrogen (secondary N) is 1. The van der Waals surface area contributed by atoms with Crippen LogP contribution in [0, 0.1) is 5.92 Å². The Kier molecular flexibility index (Phi) is 2.12. The molecule has 1 aliphatic heterocycles. The summed E-state index contributed by atoms with van der Waals surface area (Å²) in [4.78, 5) is 0. The smallest absolute Gasteiger partial charge is 0.150 e. The zero-order valence-corrected chi connectivity index (χ0v) is 7.94. The maximum absolute atomic E-state index is 11.1. The molecule has 1 N–H and O–H groups in total. The minimum atomic E-state index is -2.66. The molecule has 0 amide bonds. The molecule has 0 bridgehead atoms.